The number of hydrogen-bond acceptors (Lipinski definition) is 5. The van der Waals surface area contributed by atoms with Gasteiger partial charge < -0.3 is 9.47 Å². The molecule has 0 atom stereocenters. The fourth-order valence-corrected chi connectivity index (χ4v) is 4.52. The lowest BCUT2D eigenvalue weighted by molar-refractivity contribution is 0.250. The number of nitrogens with zero attached hydrogens (tertiary/aromatic N) is 1. The summed E-state index contributed by atoms with van der Waals surface area (Å²) in [7, 11) is -0.151. The first-order valence-electron chi connectivity index (χ1n) is 9.45. The minimum absolute atomic E-state index is 0. The molecule has 3 rings (SSSR count). The largest absolute Gasteiger partial charge is 0.493 e. The molecular formula is C21H29ClN2O4S. The minimum Gasteiger partial charge on any atom is -0.493 e. The van der Waals surface area contributed by atoms with E-state index in [1.165, 1.54) is 11.1 Å². The zero-order valence-electron chi connectivity index (χ0n) is 17.1. The Labute approximate surface area is 179 Å². The van der Waals surface area contributed by atoms with Crippen LogP contribution >= 0.6 is 12.4 Å². The molecule has 0 fully saturated rings. The number of fused-ring (bicyclic) bond motifs is 1. The summed E-state index contributed by atoms with van der Waals surface area (Å²) in [5.74, 6) is 1.51. The minimum atomic E-state index is -3.44. The second-order valence-corrected chi connectivity index (χ2v) is 8.83. The Balaban J connectivity index is 0.00000300. The van der Waals surface area contributed by atoms with E-state index in [1.54, 1.807) is 26.4 Å². The van der Waals surface area contributed by atoms with Crippen LogP contribution in [-0.2, 0) is 23.0 Å². The number of hydrogen-bond donors (Lipinski definition) is 1. The van der Waals surface area contributed by atoms with Gasteiger partial charge in [0.05, 0.1) is 19.1 Å². The SMILES string of the molecule is COc1cc2c(cc1OC)CN(CCCNS(=O)(=O)c1ccc(C)cc1)CC2.Cl. The summed E-state index contributed by atoms with van der Waals surface area (Å²) in [6.07, 6.45) is 1.71. The van der Waals surface area contributed by atoms with E-state index in [4.69, 9.17) is 9.47 Å². The molecule has 8 heteroatoms. The number of ether oxygens (including phenoxy) is 2. The summed E-state index contributed by atoms with van der Waals surface area (Å²) in [4.78, 5) is 2.65. The number of halogens is 1. The Morgan fingerprint density at radius 2 is 1.66 bits per heavy atom. The van der Waals surface area contributed by atoms with Gasteiger partial charge in [-0.1, -0.05) is 17.7 Å². The molecule has 0 aliphatic carbocycles. The van der Waals surface area contributed by atoms with E-state index in [9.17, 15) is 8.42 Å². The number of benzene rings is 2. The molecule has 1 N–H and O–H groups in total. The van der Waals surface area contributed by atoms with E-state index in [1.807, 2.05) is 25.1 Å². The van der Waals surface area contributed by atoms with Gasteiger partial charge in [0.1, 0.15) is 0 Å². The van der Waals surface area contributed by atoms with Crippen LogP contribution in [0, 0.1) is 6.92 Å². The topological polar surface area (TPSA) is 67.9 Å². The van der Waals surface area contributed by atoms with Gasteiger partial charge in [-0.05, 0) is 61.7 Å². The van der Waals surface area contributed by atoms with Crippen molar-refractivity contribution in [1.82, 2.24) is 9.62 Å². The third-order valence-corrected chi connectivity index (χ3v) is 6.55. The van der Waals surface area contributed by atoms with Crippen LogP contribution in [0.15, 0.2) is 41.3 Å². The van der Waals surface area contributed by atoms with Crippen molar-refractivity contribution in [3.8, 4) is 11.5 Å². The van der Waals surface area contributed by atoms with Crippen LogP contribution in [-0.4, -0.2) is 47.2 Å². The summed E-state index contributed by atoms with van der Waals surface area (Å²) in [6, 6.07) is 11.0. The number of sulfonamides is 1. The van der Waals surface area contributed by atoms with Crippen LogP contribution < -0.4 is 14.2 Å². The van der Waals surface area contributed by atoms with Crippen molar-refractivity contribution in [2.45, 2.75) is 31.2 Å². The molecule has 0 spiro atoms. The van der Waals surface area contributed by atoms with Crippen LogP contribution in [0.2, 0.25) is 0 Å². The van der Waals surface area contributed by atoms with Crippen molar-refractivity contribution in [3.05, 3.63) is 53.1 Å². The maximum atomic E-state index is 12.3. The van der Waals surface area contributed by atoms with E-state index in [-0.39, 0.29) is 12.4 Å². The van der Waals surface area contributed by atoms with E-state index in [0.717, 1.165) is 49.5 Å². The molecule has 6 nitrogen and oxygen atoms in total. The van der Waals surface area contributed by atoms with Crippen molar-refractivity contribution < 1.29 is 17.9 Å². The highest BCUT2D eigenvalue weighted by Crippen LogP contribution is 2.33. The fourth-order valence-electron chi connectivity index (χ4n) is 3.44. The van der Waals surface area contributed by atoms with Gasteiger partial charge in [0.2, 0.25) is 10.0 Å². The van der Waals surface area contributed by atoms with Gasteiger partial charge in [-0.15, -0.1) is 12.4 Å². The summed E-state index contributed by atoms with van der Waals surface area (Å²) in [5.41, 5.74) is 3.57. The molecule has 1 aliphatic heterocycles. The average Bonchev–Trinajstić information content (AvgIpc) is 2.70. The Morgan fingerprint density at radius 1 is 1.03 bits per heavy atom. The standard InChI is InChI=1S/C21H28N2O4S.ClH/c1-16-5-7-19(8-6-16)28(24,25)22-10-4-11-23-12-9-17-13-20(26-2)21(27-3)14-18(17)15-23;/h5-8,13-14,22H,4,9-12,15H2,1-3H3;1H. The zero-order valence-corrected chi connectivity index (χ0v) is 18.7. The van der Waals surface area contributed by atoms with E-state index in [0.29, 0.717) is 11.4 Å². The lowest BCUT2D eigenvalue weighted by Gasteiger charge is -2.29. The van der Waals surface area contributed by atoms with Crippen LogP contribution in [0.3, 0.4) is 0 Å². The summed E-state index contributed by atoms with van der Waals surface area (Å²) < 4.78 is 38.2. The Bertz CT molecular complexity index is 917. The van der Waals surface area contributed by atoms with Crippen molar-refractivity contribution >= 4 is 22.4 Å². The molecule has 0 radical (unpaired) electrons. The molecule has 0 aromatic heterocycles. The summed E-state index contributed by atoms with van der Waals surface area (Å²) in [5, 5.41) is 0. The first kappa shape index (κ1) is 23.5. The monoisotopic (exact) mass is 440 g/mol. The predicted molar refractivity (Wildman–Crippen MR) is 117 cm³/mol. The van der Waals surface area contributed by atoms with Gasteiger partial charge in [-0.3, -0.25) is 4.90 Å². The number of aryl methyl sites for hydroxylation is 1. The number of rotatable bonds is 8. The van der Waals surface area contributed by atoms with Gasteiger partial charge in [-0.2, -0.15) is 0 Å². The highest BCUT2D eigenvalue weighted by Gasteiger charge is 2.19. The first-order chi connectivity index (χ1) is 13.4. The van der Waals surface area contributed by atoms with Gasteiger partial charge in [0, 0.05) is 19.6 Å². The highest BCUT2D eigenvalue weighted by molar-refractivity contribution is 7.89. The molecule has 2 aromatic rings. The van der Waals surface area contributed by atoms with Gasteiger partial charge in [0.25, 0.3) is 0 Å². The maximum Gasteiger partial charge on any atom is 0.240 e. The third kappa shape index (κ3) is 5.85. The highest BCUT2D eigenvalue weighted by atomic mass is 35.5. The Kier molecular flexibility index (Phi) is 8.34. The van der Waals surface area contributed by atoms with Crippen molar-refractivity contribution in [1.29, 1.82) is 0 Å². The molecule has 1 heterocycles. The predicted octanol–water partition coefficient (Wildman–Crippen LogP) is 3.16. The van der Waals surface area contributed by atoms with Crippen LogP contribution in [0.4, 0.5) is 0 Å². The van der Waals surface area contributed by atoms with Crippen molar-refractivity contribution in [2.24, 2.45) is 0 Å². The van der Waals surface area contributed by atoms with Gasteiger partial charge in [-0.25, -0.2) is 13.1 Å². The third-order valence-electron chi connectivity index (χ3n) is 5.07. The summed E-state index contributed by atoms with van der Waals surface area (Å²) in [6.45, 7) is 4.98. The zero-order chi connectivity index (χ0) is 20.1. The molecule has 1 aliphatic rings. The van der Waals surface area contributed by atoms with Crippen LogP contribution in [0.5, 0.6) is 11.5 Å². The smallest absolute Gasteiger partial charge is 0.240 e. The average molecular weight is 441 g/mol. The molecule has 0 saturated carbocycles. The van der Waals surface area contributed by atoms with E-state index >= 15 is 0 Å². The molecule has 0 amide bonds. The van der Waals surface area contributed by atoms with Gasteiger partial charge >= 0.3 is 0 Å². The van der Waals surface area contributed by atoms with Crippen molar-refractivity contribution in [3.63, 3.8) is 0 Å². The molecule has 2 aromatic carbocycles. The van der Waals surface area contributed by atoms with Crippen LogP contribution in [0.1, 0.15) is 23.1 Å². The molecule has 0 unspecified atom stereocenters. The number of methoxy groups -OCH3 is 2. The van der Waals surface area contributed by atoms with E-state index < -0.39 is 10.0 Å². The van der Waals surface area contributed by atoms with E-state index in [2.05, 4.69) is 15.7 Å². The van der Waals surface area contributed by atoms with Gasteiger partial charge in [0.15, 0.2) is 11.5 Å². The maximum absolute atomic E-state index is 12.3. The first-order valence-corrected chi connectivity index (χ1v) is 10.9. The molecule has 29 heavy (non-hydrogen) atoms. The normalized spacial score (nSPS) is 14.0. The molecular weight excluding hydrogens is 412 g/mol. The second-order valence-electron chi connectivity index (χ2n) is 7.07. The Morgan fingerprint density at radius 3 is 2.28 bits per heavy atom. The molecule has 0 saturated heterocycles. The summed E-state index contributed by atoms with van der Waals surface area (Å²) >= 11 is 0. The lowest BCUT2D eigenvalue weighted by atomic mass is 9.98. The Hall–Kier alpha value is -1.80. The fraction of sp³-hybridized carbons (Fsp3) is 0.429. The number of nitrogens with one attached hydrogen (secondary N) is 1. The molecule has 160 valence electrons. The second kappa shape index (κ2) is 10.3. The lowest BCUT2D eigenvalue weighted by Crippen LogP contribution is -2.33. The van der Waals surface area contributed by atoms with Crippen LogP contribution in [0.25, 0.3) is 0 Å². The quantitative estimate of drug-likeness (QED) is 0.638. The van der Waals surface area contributed by atoms with Crippen molar-refractivity contribution in [2.75, 3.05) is 33.9 Å². The molecule has 0 bridgehead atoms.